The Labute approximate surface area is 169 Å². The third-order valence-electron chi connectivity index (χ3n) is 5.43. The van der Waals surface area contributed by atoms with Gasteiger partial charge in [-0.3, -0.25) is 9.79 Å². The van der Waals surface area contributed by atoms with Crippen LogP contribution >= 0.6 is 0 Å². The van der Waals surface area contributed by atoms with Gasteiger partial charge in [0.15, 0.2) is 0 Å². The van der Waals surface area contributed by atoms with Crippen molar-refractivity contribution in [3.05, 3.63) is 70.1 Å². The smallest absolute Gasteiger partial charge is 0.205 e. The van der Waals surface area contributed by atoms with Gasteiger partial charge in [-0.2, -0.15) is 0 Å². The maximum atomic E-state index is 13.0. The van der Waals surface area contributed by atoms with E-state index in [1.165, 1.54) is 44.6 Å². The molecule has 0 aliphatic heterocycles. The summed E-state index contributed by atoms with van der Waals surface area (Å²) in [5, 5.41) is 9.82. The molecule has 1 heterocycles. The number of rotatable bonds is 6. The molecule has 5 nitrogen and oxygen atoms in total. The summed E-state index contributed by atoms with van der Waals surface area (Å²) in [4.78, 5) is 17.4. The number of ether oxygens (including phenoxy) is 1. The van der Waals surface area contributed by atoms with Crippen molar-refractivity contribution in [1.29, 1.82) is 0 Å². The number of aromatic hydroxyl groups is 1. The summed E-state index contributed by atoms with van der Waals surface area (Å²) >= 11 is 0. The van der Waals surface area contributed by atoms with Crippen LogP contribution in [0.15, 0.2) is 62.9 Å². The van der Waals surface area contributed by atoms with Gasteiger partial charge in [-0.1, -0.05) is 37.5 Å². The molecule has 1 aromatic heterocycles. The number of fused-ring (bicyclic) bond motifs is 1. The lowest BCUT2D eigenvalue weighted by molar-refractivity contribution is 0.210. The highest BCUT2D eigenvalue weighted by molar-refractivity contribution is 5.89. The molecule has 0 atom stereocenters. The third kappa shape index (κ3) is 4.67. The Morgan fingerprint density at radius 2 is 1.90 bits per heavy atom. The SMILES string of the molecule is O=c1c(C=NCc2ccc(O)cc2)coc2cccc(OCC3CCCCC3)c12. The van der Waals surface area contributed by atoms with Crippen molar-refractivity contribution >= 4 is 17.2 Å². The molecule has 29 heavy (non-hydrogen) atoms. The molecule has 0 unspecified atom stereocenters. The molecule has 0 amide bonds. The van der Waals surface area contributed by atoms with E-state index in [1.807, 2.05) is 12.1 Å². The van der Waals surface area contributed by atoms with Crippen LogP contribution in [0, 0.1) is 5.92 Å². The Kier molecular flexibility index (Phi) is 5.94. The van der Waals surface area contributed by atoms with E-state index in [1.54, 1.807) is 30.3 Å². The van der Waals surface area contributed by atoms with Gasteiger partial charge >= 0.3 is 0 Å². The van der Waals surface area contributed by atoms with E-state index in [4.69, 9.17) is 9.15 Å². The van der Waals surface area contributed by atoms with Gasteiger partial charge in [-0.05, 0) is 48.6 Å². The lowest BCUT2D eigenvalue weighted by Gasteiger charge is -2.21. The van der Waals surface area contributed by atoms with Crippen LogP contribution in [0.3, 0.4) is 0 Å². The van der Waals surface area contributed by atoms with Gasteiger partial charge in [0.1, 0.15) is 28.7 Å². The molecule has 0 radical (unpaired) electrons. The van der Waals surface area contributed by atoms with E-state index in [0.717, 1.165) is 5.56 Å². The number of phenols is 1. The van der Waals surface area contributed by atoms with E-state index in [2.05, 4.69) is 4.99 Å². The second kappa shape index (κ2) is 8.95. The zero-order valence-corrected chi connectivity index (χ0v) is 16.3. The molecule has 1 saturated carbocycles. The van der Waals surface area contributed by atoms with E-state index in [0.29, 0.717) is 41.4 Å². The van der Waals surface area contributed by atoms with Gasteiger partial charge < -0.3 is 14.3 Å². The maximum Gasteiger partial charge on any atom is 0.205 e. The van der Waals surface area contributed by atoms with Crippen LogP contribution in [0.5, 0.6) is 11.5 Å². The zero-order valence-electron chi connectivity index (χ0n) is 16.3. The molecule has 2 aromatic carbocycles. The minimum absolute atomic E-state index is 0.139. The molecule has 1 aliphatic carbocycles. The average molecular weight is 391 g/mol. The summed E-state index contributed by atoms with van der Waals surface area (Å²) in [7, 11) is 0. The summed E-state index contributed by atoms with van der Waals surface area (Å²) in [6.07, 6.45) is 9.18. The van der Waals surface area contributed by atoms with Crippen molar-refractivity contribution in [3.63, 3.8) is 0 Å². The van der Waals surface area contributed by atoms with E-state index >= 15 is 0 Å². The predicted molar refractivity (Wildman–Crippen MR) is 114 cm³/mol. The van der Waals surface area contributed by atoms with Crippen molar-refractivity contribution in [2.24, 2.45) is 10.9 Å². The van der Waals surface area contributed by atoms with Gasteiger partial charge in [0.2, 0.25) is 5.43 Å². The Balaban J connectivity index is 1.54. The largest absolute Gasteiger partial charge is 0.508 e. The zero-order chi connectivity index (χ0) is 20.1. The van der Waals surface area contributed by atoms with Crippen molar-refractivity contribution in [2.45, 2.75) is 38.6 Å². The van der Waals surface area contributed by atoms with Crippen LogP contribution in [0.1, 0.15) is 43.2 Å². The first-order valence-electron chi connectivity index (χ1n) is 10.2. The fourth-order valence-corrected chi connectivity index (χ4v) is 3.78. The van der Waals surface area contributed by atoms with Crippen LogP contribution in [0.4, 0.5) is 0 Å². The highest BCUT2D eigenvalue weighted by atomic mass is 16.5. The summed E-state index contributed by atoms with van der Waals surface area (Å²) < 4.78 is 11.7. The molecule has 4 rings (SSSR count). The van der Waals surface area contributed by atoms with E-state index < -0.39 is 0 Å². The molecule has 3 aromatic rings. The Morgan fingerprint density at radius 1 is 1.10 bits per heavy atom. The fourth-order valence-electron chi connectivity index (χ4n) is 3.78. The number of hydrogen-bond donors (Lipinski definition) is 1. The number of phenolic OH excluding ortho intramolecular Hbond substituents is 1. The minimum atomic E-state index is -0.139. The highest BCUT2D eigenvalue weighted by Crippen LogP contribution is 2.27. The third-order valence-corrected chi connectivity index (χ3v) is 5.43. The quantitative estimate of drug-likeness (QED) is 0.595. The van der Waals surface area contributed by atoms with E-state index in [9.17, 15) is 9.90 Å². The number of hydrogen-bond acceptors (Lipinski definition) is 5. The molecular weight excluding hydrogens is 366 g/mol. The molecule has 1 aliphatic rings. The molecular formula is C24H25NO4. The Hall–Kier alpha value is -3.08. The molecule has 5 heteroatoms. The van der Waals surface area contributed by atoms with Crippen molar-refractivity contribution in [2.75, 3.05) is 6.61 Å². The Bertz CT molecular complexity index is 1050. The van der Waals surface area contributed by atoms with E-state index in [-0.39, 0.29) is 11.2 Å². The van der Waals surface area contributed by atoms with Crippen LogP contribution in [0.2, 0.25) is 0 Å². The first kappa shape index (κ1) is 19.2. The average Bonchev–Trinajstić information content (AvgIpc) is 2.76. The van der Waals surface area contributed by atoms with Crippen LogP contribution in [-0.4, -0.2) is 17.9 Å². The Morgan fingerprint density at radius 3 is 2.69 bits per heavy atom. The summed E-state index contributed by atoms with van der Waals surface area (Å²) in [5.74, 6) is 1.35. The predicted octanol–water partition coefficient (Wildman–Crippen LogP) is 5.08. The van der Waals surface area contributed by atoms with Gasteiger partial charge in [-0.15, -0.1) is 0 Å². The van der Waals surface area contributed by atoms with Gasteiger partial charge in [0, 0.05) is 6.21 Å². The second-order valence-corrected chi connectivity index (χ2v) is 7.60. The summed E-state index contributed by atoms with van der Waals surface area (Å²) in [5.41, 5.74) is 1.72. The molecule has 0 bridgehead atoms. The number of aliphatic imine (C=N–C) groups is 1. The first-order chi connectivity index (χ1) is 14.2. The topological polar surface area (TPSA) is 72.0 Å². The first-order valence-corrected chi connectivity index (χ1v) is 10.2. The fraction of sp³-hybridized carbons (Fsp3) is 0.333. The van der Waals surface area contributed by atoms with Crippen LogP contribution in [-0.2, 0) is 6.54 Å². The van der Waals surface area contributed by atoms with Crippen molar-refractivity contribution < 1.29 is 14.3 Å². The molecule has 0 saturated heterocycles. The summed E-state index contributed by atoms with van der Waals surface area (Å²) in [6.45, 7) is 1.05. The van der Waals surface area contributed by atoms with Gasteiger partial charge in [0.05, 0.1) is 18.7 Å². The second-order valence-electron chi connectivity index (χ2n) is 7.60. The maximum absolute atomic E-state index is 13.0. The lowest BCUT2D eigenvalue weighted by Crippen LogP contribution is -2.16. The van der Waals surface area contributed by atoms with Crippen LogP contribution < -0.4 is 10.2 Å². The molecule has 1 fully saturated rings. The van der Waals surface area contributed by atoms with Gasteiger partial charge in [-0.25, -0.2) is 0 Å². The minimum Gasteiger partial charge on any atom is -0.508 e. The monoisotopic (exact) mass is 391 g/mol. The summed E-state index contributed by atoms with van der Waals surface area (Å²) in [6, 6.07) is 12.3. The highest BCUT2D eigenvalue weighted by Gasteiger charge is 2.16. The number of benzene rings is 2. The van der Waals surface area contributed by atoms with Crippen LogP contribution in [0.25, 0.3) is 11.0 Å². The van der Waals surface area contributed by atoms with Crippen molar-refractivity contribution in [1.82, 2.24) is 0 Å². The number of nitrogens with zero attached hydrogens (tertiary/aromatic N) is 1. The molecule has 150 valence electrons. The van der Waals surface area contributed by atoms with Gasteiger partial charge in [0.25, 0.3) is 0 Å². The standard InChI is InChI=1S/C24H25NO4/c26-20-11-9-17(10-12-20)13-25-14-19-16-29-22-8-4-7-21(23(22)24(19)27)28-15-18-5-2-1-3-6-18/h4,7-12,14,16,18,26H,1-3,5-6,13,15H2. The molecule has 1 N–H and O–H groups in total. The lowest BCUT2D eigenvalue weighted by atomic mass is 9.90. The molecule has 0 spiro atoms. The normalized spacial score (nSPS) is 15.2. The van der Waals surface area contributed by atoms with Crippen molar-refractivity contribution in [3.8, 4) is 11.5 Å².